The SMILES string of the molecule is Cc1ccc(S(=O)(=O)NC(CC(C)C)C(=O)Nc2cccc(C(=O)NCc3ccccn3)c2)cc1. The van der Waals surface area contributed by atoms with E-state index >= 15 is 0 Å². The summed E-state index contributed by atoms with van der Waals surface area (Å²) in [7, 11) is -3.90. The van der Waals surface area contributed by atoms with Gasteiger partial charge in [-0.15, -0.1) is 0 Å². The van der Waals surface area contributed by atoms with Crippen LogP contribution >= 0.6 is 0 Å². The van der Waals surface area contributed by atoms with E-state index in [4.69, 9.17) is 0 Å². The van der Waals surface area contributed by atoms with Crippen molar-refractivity contribution in [1.29, 1.82) is 0 Å². The molecule has 9 heteroatoms. The molecule has 184 valence electrons. The van der Waals surface area contributed by atoms with Crippen molar-refractivity contribution in [2.24, 2.45) is 5.92 Å². The van der Waals surface area contributed by atoms with Crippen molar-refractivity contribution < 1.29 is 18.0 Å². The van der Waals surface area contributed by atoms with Gasteiger partial charge in [0.2, 0.25) is 15.9 Å². The predicted octanol–water partition coefficient (Wildman–Crippen LogP) is 3.65. The second-order valence-electron chi connectivity index (χ2n) is 8.69. The second-order valence-corrected chi connectivity index (χ2v) is 10.4. The third-order valence-corrected chi connectivity index (χ3v) is 6.69. The van der Waals surface area contributed by atoms with Crippen molar-refractivity contribution in [3.63, 3.8) is 0 Å². The summed E-state index contributed by atoms with van der Waals surface area (Å²) in [6, 6.07) is 17.4. The monoisotopic (exact) mass is 494 g/mol. The Balaban J connectivity index is 1.70. The maximum absolute atomic E-state index is 13.1. The number of sulfonamides is 1. The Bertz CT molecular complexity index is 1260. The Hall–Kier alpha value is -3.56. The molecule has 1 unspecified atom stereocenters. The highest BCUT2D eigenvalue weighted by molar-refractivity contribution is 7.89. The number of aromatic nitrogens is 1. The third kappa shape index (κ3) is 7.73. The molecule has 0 bridgehead atoms. The van der Waals surface area contributed by atoms with Crippen molar-refractivity contribution in [1.82, 2.24) is 15.0 Å². The van der Waals surface area contributed by atoms with E-state index in [1.165, 1.54) is 12.1 Å². The lowest BCUT2D eigenvalue weighted by Gasteiger charge is -2.20. The first kappa shape index (κ1) is 26.1. The largest absolute Gasteiger partial charge is 0.346 e. The molecule has 3 N–H and O–H groups in total. The molecular weight excluding hydrogens is 464 g/mol. The van der Waals surface area contributed by atoms with E-state index in [9.17, 15) is 18.0 Å². The third-order valence-electron chi connectivity index (χ3n) is 5.20. The molecule has 8 nitrogen and oxygen atoms in total. The Morgan fingerprint density at radius 2 is 1.71 bits per heavy atom. The summed E-state index contributed by atoms with van der Waals surface area (Å²) in [5, 5.41) is 5.53. The van der Waals surface area contributed by atoms with Crippen molar-refractivity contribution in [2.45, 2.75) is 44.7 Å². The lowest BCUT2D eigenvalue weighted by Crippen LogP contribution is -2.44. The molecule has 0 aliphatic heterocycles. The van der Waals surface area contributed by atoms with Gasteiger partial charge in [0, 0.05) is 17.4 Å². The molecule has 3 rings (SSSR count). The number of benzene rings is 2. The lowest BCUT2D eigenvalue weighted by atomic mass is 10.0. The molecule has 0 saturated heterocycles. The van der Waals surface area contributed by atoms with Gasteiger partial charge in [0.25, 0.3) is 5.91 Å². The highest BCUT2D eigenvalue weighted by atomic mass is 32.2. The molecule has 0 aliphatic rings. The second kappa shape index (κ2) is 11.7. The summed E-state index contributed by atoms with van der Waals surface area (Å²) in [6.07, 6.45) is 1.96. The first-order chi connectivity index (χ1) is 16.6. The molecule has 2 amide bonds. The summed E-state index contributed by atoms with van der Waals surface area (Å²) in [5.74, 6) is -0.749. The van der Waals surface area contributed by atoms with Crippen molar-refractivity contribution >= 4 is 27.5 Å². The van der Waals surface area contributed by atoms with Crippen molar-refractivity contribution in [2.75, 3.05) is 5.32 Å². The fourth-order valence-corrected chi connectivity index (χ4v) is 4.60. The number of carbonyl (C=O) groups excluding carboxylic acids is 2. The van der Waals surface area contributed by atoms with Crippen molar-refractivity contribution in [3.8, 4) is 0 Å². The number of anilines is 1. The van der Waals surface area contributed by atoms with Gasteiger partial charge in [0.15, 0.2) is 0 Å². The van der Waals surface area contributed by atoms with E-state index in [0.717, 1.165) is 11.3 Å². The lowest BCUT2D eigenvalue weighted by molar-refractivity contribution is -0.118. The topological polar surface area (TPSA) is 117 Å². The highest BCUT2D eigenvalue weighted by Crippen LogP contribution is 2.16. The smallest absolute Gasteiger partial charge is 0.251 e. The van der Waals surface area contributed by atoms with Gasteiger partial charge in [-0.3, -0.25) is 14.6 Å². The van der Waals surface area contributed by atoms with Crippen LogP contribution in [-0.4, -0.2) is 31.3 Å². The molecule has 3 aromatic rings. The zero-order valence-corrected chi connectivity index (χ0v) is 20.8. The molecular formula is C26H30N4O4S. The van der Waals surface area contributed by atoms with E-state index in [1.807, 2.05) is 32.9 Å². The number of hydrogen-bond acceptors (Lipinski definition) is 5. The first-order valence-corrected chi connectivity index (χ1v) is 12.8. The molecule has 1 heterocycles. The van der Waals surface area contributed by atoms with E-state index in [0.29, 0.717) is 17.7 Å². The Morgan fingerprint density at radius 1 is 0.971 bits per heavy atom. The van der Waals surface area contributed by atoms with Crippen LogP contribution in [0.25, 0.3) is 0 Å². The van der Waals surface area contributed by atoms with Gasteiger partial charge in [-0.25, -0.2) is 8.42 Å². The fraction of sp³-hybridized carbons (Fsp3) is 0.269. The number of aryl methyl sites for hydroxylation is 1. The van der Waals surface area contributed by atoms with Crippen LogP contribution in [-0.2, 0) is 21.4 Å². The maximum atomic E-state index is 13.1. The number of rotatable bonds is 10. The van der Waals surface area contributed by atoms with Crippen LogP contribution in [0.2, 0.25) is 0 Å². The van der Waals surface area contributed by atoms with E-state index in [-0.39, 0.29) is 23.3 Å². The Morgan fingerprint density at radius 3 is 2.37 bits per heavy atom. The summed E-state index contributed by atoms with van der Waals surface area (Å²) in [5.41, 5.74) is 2.41. The standard InChI is InChI=1S/C26H30N4O4S/c1-18(2)15-24(30-35(33,34)23-12-10-19(3)11-13-23)26(32)29-21-9-6-7-20(16-21)25(31)28-17-22-8-4-5-14-27-22/h4-14,16,18,24,30H,15,17H2,1-3H3,(H,28,31)(H,29,32). The normalized spacial score (nSPS) is 12.2. The van der Waals surface area contributed by atoms with Gasteiger partial charge in [-0.1, -0.05) is 43.7 Å². The molecule has 35 heavy (non-hydrogen) atoms. The summed E-state index contributed by atoms with van der Waals surface area (Å²) >= 11 is 0. The molecule has 0 aliphatic carbocycles. The van der Waals surface area contributed by atoms with Crippen LogP contribution in [0.5, 0.6) is 0 Å². The van der Waals surface area contributed by atoms with Gasteiger partial charge in [-0.05, 0) is 61.7 Å². The predicted molar refractivity (Wildman–Crippen MR) is 135 cm³/mol. The number of nitrogens with one attached hydrogen (secondary N) is 3. The van der Waals surface area contributed by atoms with Crippen LogP contribution in [0.3, 0.4) is 0 Å². The van der Waals surface area contributed by atoms with Crippen LogP contribution in [0.1, 0.15) is 41.9 Å². The Labute approximate surface area is 206 Å². The quantitative estimate of drug-likeness (QED) is 0.398. The number of amides is 2. The number of nitrogens with zero attached hydrogens (tertiary/aromatic N) is 1. The molecule has 2 aromatic carbocycles. The zero-order chi connectivity index (χ0) is 25.4. The van der Waals surface area contributed by atoms with Gasteiger partial charge < -0.3 is 10.6 Å². The molecule has 0 radical (unpaired) electrons. The van der Waals surface area contributed by atoms with Crippen LogP contribution in [0.15, 0.2) is 77.8 Å². The summed E-state index contributed by atoms with van der Waals surface area (Å²) < 4.78 is 28.3. The molecule has 1 aromatic heterocycles. The average molecular weight is 495 g/mol. The zero-order valence-electron chi connectivity index (χ0n) is 20.0. The summed E-state index contributed by atoms with van der Waals surface area (Å²) in [4.78, 5) is 29.9. The molecule has 0 spiro atoms. The Kier molecular flexibility index (Phi) is 8.73. The maximum Gasteiger partial charge on any atom is 0.251 e. The number of carbonyl (C=O) groups is 2. The molecule has 0 saturated carbocycles. The van der Waals surface area contributed by atoms with E-state index in [2.05, 4.69) is 20.3 Å². The fourth-order valence-electron chi connectivity index (χ4n) is 3.40. The number of hydrogen-bond donors (Lipinski definition) is 3. The van der Waals surface area contributed by atoms with E-state index < -0.39 is 22.0 Å². The van der Waals surface area contributed by atoms with Crippen LogP contribution in [0.4, 0.5) is 5.69 Å². The number of pyridine rings is 1. The minimum atomic E-state index is -3.90. The summed E-state index contributed by atoms with van der Waals surface area (Å²) in [6.45, 7) is 5.96. The minimum Gasteiger partial charge on any atom is -0.346 e. The molecule has 1 atom stereocenters. The van der Waals surface area contributed by atoms with Crippen LogP contribution in [0, 0.1) is 12.8 Å². The first-order valence-electron chi connectivity index (χ1n) is 11.3. The van der Waals surface area contributed by atoms with Gasteiger partial charge in [0.05, 0.1) is 17.1 Å². The van der Waals surface area contributed by atoms with Crippen molar-refractivity contribution in [3.05, 3.63) is 89.7 Å². The van der Waals surface area contributed by atoms with Gasteiger partial charge in [-0.2, -0.15) is 4.72 Å². The highest BCUT2D eigenvalue weighted by Gasteiger charge is 2.26. The van der Waals surface area contributed by atoms with Crippen LogP contribution < -0.4 is 15.4 Å². The molecule has 0 fully saturated rings. The van der Waals surface area contributed by atoms with Gasteiger partial charge in [0.1, 0.15) is 6.04 Å². The van der Waals surface area contributed by atoms with Gasteiger partial charge >= 0.3 is 0 Å². The average Bonchev–Trinajstić information content (AvgIpc) is 2.83. The minimum absolute atomic E-state index is 0.0650. The van der Waals surface area contributed by atoms with E-state index in [1.54, 1.807) is 48.7 Å².